The van der Waals surface area contributed by atoms with E-state index in [2.05, 4.69) is 42.7 Å². The van der Waals surface area contributed by atoms with E-state index in [1.807, 2.05) is 12.4 Å². The van der Waals surface area contributed by atoms with E-state index < -0.39 is 0 Å². The summed E-state index contributed by atoms with van der Waals surface area (Å²) >= 11 is 0. The van der Waals surface area contributed by atoms with Gasteiger partial charge in [-0.15, -0.1) is 0 Å². The van der Waals surface area contributed by atoms with Crippen LogP contribution in [0, 0.1) is 5.92 Å². The van der Waals surface area contributed by atoms with Crippen LogP contribution < -0.4 is 5.32 Å². The average Bonchev–Trinajstić information content (AvgIpc) is 2.61. The van der Waals surface area contributed by atoms with Gasteiger partial charge in [0.05, 0.1) is 0 Å². The lowest BCUT2D eigenvalue weighted by Crippen LogP contribution is -2.32. The Balaban J connectivity index is 2.34. The van der Waals surface area contributed by atoms with Gasteiger partial charge in [0.2, 0.25) is 0 Å². The average molecular weight is 209 g/mol. The minimum atomic E-state index is 0.593. The summed E-state index contributed by atoms with van der Waals surface area (Å²) in [6, 6.07) is 0.593. The number of nitrogens with one attached hydrogen (secondary N) is 1. The second-order valence-corrected chi connectivity index (χ2v) is 4.32. The van der Waals surface area contributed by atoms with Gasteiger partial charge in [-0.1, -0.05) is 13.8 Å². The molecule has 0 fully saturated rings. The summed E-state index contributed by atoms with van der Waals surface area (Å²) in [6.45, 7) is 7.76. The third-order valence-electron chi connectivity index (χ3n) is 3.12. The van der Waals surface area contributed by atoms with Crippen LogP contribution in [-0.2, 0) is 13.5 Å². The number of aryl methyl sites for hydroxylation is 2. The molecular formula is C12H23N3. The fourth-order valence-corrected chi connectivity index (χ4v) is 1.77. The van der Waals surface area contributed by atoms with Crippen molar-refractivity contribution in [1.82, 2.24) is 14.9 Å². The maximum absolute atomic E-state index is 4.34. The monoisotopic (exact) mass is 209 g/mol. The fourth-order valence-electron chi connectivity index (χ4n) is 1.77. The van der Waals surface area contributed by atoms with E-state index in [1.165, 1.54) is 12.2 Å². The number of aromatic nitrogens is 2. The molecule has 15 heavy (non-hydrogen) atoms. The van der Waals surface area contributed by atoms with E-state index >= 15 is 0 Å². The van der Waals surface area contributed by atoms with Gasteiger partial charge in [0, 0.05) is 31.9 Å². The van der Waals surface area contributed by atoms with Crippen molar-refractivity contribution >= 4 is 0 Å². The third kappa shape index (κ3) is 3.67. The molecule has 0 amide bonds. The largest absolute Gasteiger partial charge is 0.338 e. The fraction of sp³-hybridized carbons (Fsp3) is 0.750. The van der Waals surface area contributed by atoms with Crippen LogP contribution in [0.3, 0.4) is 0 Å². The molecule has 0 aromatic carbocycles. The normalized spacial score (nSPS) is 15.2. The number of imidazole rings is 1. The van der Waals surface area contributed by atoms with E-state index in [1.54, 1.807) is 0 Å². The molecule has 0 aliphatic rings. The number of rotatable bonds is 6. The summed E-state index contributed by atoms with van der Waals surface area (Å²) in [5, 5.41) is 3.46. The van der Waals surface area contributed by atoms with Crippen LogP contribution in [0.4, 0.5) is 0 Å². The highest BCUT2D eigenvalue weighted by Crippen LogP contribution is 2.11. The Hall–Kier alpha value is -0.830. The van der Waals surface area contributed by atoms with E-state index in [-0.39, 0.29) is 0 Å². The molecule has 1 aromatic rings. The van der Waals surface area contributed by atoms with Gasteiger partial charge < -0.3 is 9.88 Å². The maximum atomic E-state index is 4.34. The standard InChI is InChI=1S/C12H23N3/c1-5-13-11(3)10(2)6-7-12-14-8-9-15(12)4/h8-11,13H,5-7H2,1-4H3. The predicted molar refractivity (Wildman–Crippen MR) is 63.8 cm³/mol. The van der Waals surface area contributed by atoms with Crippen LogP contribution in [0.5, 0.6) is 0 Å². The first kappa shape index (κ1) is 12.2. The molecule has 1 rings (SSSR count). The molecule has 86 valence electrons. The summed E-state index contributed by atoms with van der Waals surface area (Å²) in [6.07, 6.45) is 6.14. The van der Waals surface area contributed by atoms with Gasteiger partial charge in [-0.05, 0) is 25.8 Å². The molecule has 0 radical (unpaired) electrons. The molecule has 3 nitrogen and oxygen atoms in total. The first-order valence-corrected chi connectivity index (χ1v) is 5.84. The Bertz CT molecular complexity index is 280. The Kier molecular flexibility index (Phi) is 4.82. The van der Waals surface area contributed by atoms with Crippen LogP contribution in [0.2, 0.25) is 0 Å². The van der Waals surface area contributed by atoms with Crippen molar-refractivity contribution in [3.8, 4) is 0 Å². The lowest BCUT2D eigenvalue weighted by Gasteiger charge is -2.20. The van der Waals surface area contributed by atoms with Gasteiger partial charge in [-0.25, -0.2) is 4.98 Å². The van der Waals surface area contributed by atoms with Gasteiger partial charge in [0.25, 0.3) is 0 Å². The molecule has 0 saturated carbocycles. The molecule has 1 N–H and O–H groups in total. The van der Waals surface area contributed by atoms with Gasteiger partial charge in [0.1, 0.15) is 5.82 Å². The van der Waals surface area contributed by atoms with Crippen LogP contribution in [0.1, 0.15) is 33.0 Å². The van der Waals surface area contributed by atoms with Crippen LogP contribution in [0.15, 0.2) is 12.4 Å². The first-order valence-electron chi connectivity index (χ1n) is 5.84. The molecule has 0 spiro atoms. The van der Waals surface area contributed by atoms with Crippen molar-refractivity contribution in [2.75, 3.05) is 6.54 Å². The van der Waals surface area contributed by atoms with Crippen LogP contribution >= 0.6 is 0 Å². The second-order valence-electron chi connectivity index (χ2n) is 4.32. The van der Waals surface area contributed by atoms with E-state index in [9.17, 15) is 0 Å². The Morgan fingerprint density at radius 2 is 2.20 bits per heavy atom. The summed E-state index contributed by atoms with van der Waals surface area (Å²) in [7, 11) is 2.06. The molecular weight excluding hydrogens is 186 g/mol. The van der Waals surface area contributed by atoms with Crippen molar-refractivity contribution in [3.05, 3.63) is 18.2 Å². The highest BCUT2D eigenvalue weighted by atomic mass is 15.0. The second kappa shape index (κ2) is 5.91. The number of hydrogen-bond donors (Lipinski definition) is 1. The minimum Gasteiger partial charge on any atom is -0.338 e. The molecule has 2 unspecified atom stereocenters. The lowest BCUT2D eigenvalue weighted by atomic mass is 9.98. The zero-order chi connectivity index (χ0) is 11.3. The summed E-state index contributed by atoms with van der Waals surface area (Å²) in [4.78, 5) is 4.34. The predicted octanol–water partition coefficient (Wildman–Crippen LogP) is 1.99. The molecule has 2 atom stereocenters. The van der Waals surface area contributed by atoms with Crippen LogP contribution in [0.25, 0.3) is 0 Å². The first-order chi connectivity index (χ1) is 7.15. The Labute approximate surface area is 92.9 Å². The quantitative estimate of drug-likeness (QED) is 0.776. The summed E-state index contributed by atoms with van der Waals surface area (Å²) in [5.41, 5.74) is 0. The van der Waals surface area contributed by atoms with E-state index in [0.717, 1.165) is 13.0 Å². The third-order valence-corrected chi connectivity index (χ3v) is 3.12. The van der Waals surface area contributed by atoms with Crippen molar-refractivity contribution in [3.63, 3.8) is 0 Å². The minimum absolute atomic E-state index is 0.593. The van der Waals surface area contributed by atoms with Gasteiger partial charge in [-0.3, -0.25) is 0 Å². The molecule has 0 bridgehead atoms. The molecule has 0 aliphatic carbocycles. The molecule has 3 heteroatoms. The Morgan fingerprint density at radius 3 is 2.73 bits per heavy atom. The van der Waals surface area contributed by atoms with Gasteiger partial charge in [0.15, 0.2) is 0 Å². The summed E-state index contributed by atoms with van der Waals surface area (Å²) < 4.78 is 2.10. The molecule has 1 aromatic heterocycles. The smallest absolute Gasteiger partial charge is 0.108 e. The van der Waals surface area contributed by atoms with Crippen molar-refractivity contribution < 1.29 is 0 Å². The van der Waals surface area contributed by atoms with Gasteiger partial charge >= 0.3 is 0 Å². The number of hydrogen-bond acceptors (Lipinski definition) is 2. The Morgan fingerprint density at radius 1 is 1.47 bits per heavy atom. The van der Waals surface area contributed by atoms with Crippen LogP contribution in [-0.4, -0.2) is 22.1 Å². The van der Waals surface area contributed by atoms with E-state index in [0.29, 0.717) is 12.0 Å². The zero-order valence-electron chi connectivity index (χ0n) is 10.3. The number of nitrogens with zero attached hydrogens (tertiary/aromatic N) is 2. The lowest BCUT2D eigenvalue weighted by molar-refractivity contribution is 0.382. The highest BCUT2D eigenvalue weighted by Gasteiger charge is 2.11. The molecule has 0 aliphatic heterocycles. The topological polar surface area (TPSA) is 29.9 Å². The SMILES string of the molecule is CCNC(C)C(C)CCc1nccn1C. The van der Waals surface area contributed by atoms with Crippen molar-refractivity contribution in [1.29, 1.82) is 0 Å². The van der Waals surface area contributed by atoms with Crippen molar-refractivity contribution in [2.45, 2.75) is 39.7 Å². The van der Waals surface area contributed by atoms with E-state index in [4.69, 9.17) is 0 Å². The van der Waals surface area contributed by atoms with Gasteiger partial charge in [-0.2, -0.15) is 0 Å². The highest BCUT2D eigenvalue weighted by molar-refractivity contribution is 4.91. The van der Waals surface area contributed by atoms with Crippen molar-refractivity contribution in [2.24, 2.45) is 13.0 Å². The molecule has 0 saturated heterocycles. The molecule has 1 heterocycles. The maximum Gasteiger partial charge on any atom is 0.108 e. The zero-order valence-corrected chi connectivity index (χ0v) is 10.3. The summed E-state index contributed by atoms with van der Waals surface area (Å²) in [5.74, 6) is 1.88.